The molecule has 2 atom stereocenters. The molecule has 6 heteroatoms. The summed E-state index contributed by atoms with van der Waals surface area (Å²) in [4.78, 5) is 33.6. The van der Waals surface area contributed by atoms with Gasteiger partial charge in [0.25, 0.3) is 0 Å². The Labute approximate surface area is 152 Å². The number of carbonyl (C=O) groups excluding carboxylic acids is 2. The molecule has 4 rings (SSSR count). The summed E-state index contributed by atoms with van der Waals surface area (Å²) in [7, 11) is 0. The predicted molar refractivity (Wildman–Crippen MR) is 97.0 cm³/mol. The lowest BCUT2D eigenvalue weighted by Crippen LogP contribution is -2.35. The van der Waals surface area contributed by atoms with Gasteiger partial charge in [-0.1, -0.05) is 11.6 Å². The largest absolute Gasteiger partial charge is 0.341 e. The van der Waals surface area contributed by atoms with Crippen molar-refractivity contribution in [1.82, 2.24) is 14.8 Å². The molecule has 3 heterocycles. The minimum Gasteiger partial charge on any atom is -0.341 e. The summed E-state index contributed by atoms with van der Waals surface area (Å²) >= 11 is 1.62. The highest BCUT2D eigenvalue weighted by atomic mass is 32.1. The van der Waals surface area contributed by atoms with Crippen LogP contribution in [0.2, 0.25) is 0 Å². The standard InChI is InChI=1S/C19H25N3O2S/c1-13-20-16(12-25-13)10-22-9-15-8-21(11-17(15)19(22)24)18(23)7-14-5-3-2-4-6-14/h5,12,15,17H,2-4,6-11H2,1H3/t15-,17-/m0/s1. The summed E-state index contributed by atoms with van der Waals surface area (Å²) < 4.78 is 0. The summed E-state index contributed by atoms with van der Waals surface area (Å²) in [5.41, 5.74) is 2.27. The molecule has 134 valence electrons. The number of carbonyl (C=O) groups is 2. The Morgan fingerprint density at radius 3 is 2.88 bits per heavy atom. The minimum absolute atomic E-state index is 0.0102. The summed E-state index contributed by atoms with van der Waals surface area (Å²) in [6.07, 6.45) is 7.41. The lowest BCUT2D eigenvalue weighted by molar-refractivity contribution is -0.133. The molecule has 0 unspecified atom stereocenters. The van der Waals surface area contributed by atoms with Gasteiger partial charge in [0.1, 0.15) is 0 Å². The number of likely N-dealkylation sites (tertiary alicyclic amines) is 2. The second-order valence-corrected chi connectivity index (χ2v) is 8.59. The van der Waals surface area contributed by atoms with E-state index < -0.39 is 0 Å². The van der Waals surface area contributed by atoms with Crippen LogP contribution in [0.5, 0.6) is 0 Å². The van der Waals surface area contributed by atoms with E-state index in [1.165, 1.54) is 18.4 Å². The van der Waals surface area contributed by atoms with E-state index in [2.05, 4.69) is 11.1 Å². The third-order valence-electron chi connectivity index (χ3n) is 5.66. The van der Waals surface area contributed by atoms with Crippen LogP contribution in [0.15, 0.2) is 17.0 Å². The summed E-state index contributed by atoms with van der Waals surface area (Å²) in [6, 6.07) is 0. The normalized spacial score (nSPS) is 26.1. The van der Waals surface area contributed by atoms with E-state index in [1.807, 2.05) is 22.1 Å². The van der Waals surface area contributed by atoms with E-state index in [1.54, 1.807) is 11.3 Å². The van der Waals surface area contributed by atoms with Crippen LogP contribution in [0.3, 0.4) is 0 Å². The molecule has 25 heavy (non-hydrogen) atoms. The highest BCUT2D eigenvalue weighted by Crippen LogP contribution is 2.34. The van der Waals surface area contributed by atoms with Crippen LogP contribution in [-0.2, 0) is 16.1 Å². The van der Waals surface area contributed by atoms with Crippen LogP contribution in [0.1, 0.15) is 42.8 Å². The second-order valence-electron chi connectivity index (χ2n) is 7.53. The molecule has 5 nitrogen and oxygen atoms in total. The Morgan fingerprint density at radius 1 is 1.32 bits per heavy atom. The number of aryl methyl sites for hydroxylation is 1. The maximum atomic E-state index is 12.7. The van der Waals surface area contributed by atoms with Crippen molar-refractivity contribution in [3.8, 4) is 0 Å². The molecule has 0 radical (unpaired) electrons. The van der Waals surface area contributed by atoms with Crippen LogP contribution in [0.25, 0.3) is 0 Å². The first-order valence-corrected chi connectivity index (χ1v) is 10.1. The summed E-state index contributed by atoms with van der Waals surface area (Å²) in [5.74, 6) is 0.681. The molecule has 2 amide bonds. The minimum atomic E-state index is -0.0102. The second kappa shape index (κ2) is 6.90. The number of hydrogen-bond acceptors (Lipinski definition) is 4. The highest BCUT2D eigenvalue weighted by Gasteiger charge is 2.47. The predicted octanol–water partition coefficient (Wildman–Crippen LogP) is 2.76. The lowest BCUT2D eigenvalue weighted by atomic mass is 9.97. The number of allylic oxidation sites excluding steroid dienone is 1. The van der Waals surface area contributed by atoms with Crippen molar-refractivity contribution in [2.45, 2.75) is 45.6 Å². The van der Waals surface area contributed by atoms with Crippen molar-refractivity contribution in [3.63, 3.8) is 0 Å². The van der Waals surface area contributed by atoms with Crippen molar-refractivity contribution in [2.24, 2.45) is 11.8 Å². The van der Waals surface area contributed by atoms with Crippen LogP contribution in [0.4, 0.5) is 0 Å². The van der Waals surface area contributed by atoms with Gasteiger partial charge in [-0.05, 0) is 32.6 Å². The maximum absolute atomic E-state index is 12.7. The Kier molecular flexibility index (Phi) is 4.63. The Morgan fingerprint density at radius 2 is 2.20 bits per heavy atom. The molecule has 0 N–H and O–H groups in total. The molecule has 1 aromatic rings. The molecule has 3 aliphatic rings. The van der Waals surface area contributed by atoms with Crippen molar-refractivity contribution in [2.75, 3.05) is 19.6 Å². The zero-order chi connectivity index (χ0) is 17.4. The molecular formula is C19H25N3O2S. The molecule has 0 spiro atoms. The number of aromatic nitrogens is 1. The molecular weight excluding hydrogens is 334 g/mol. The molecule has 1 aromatic heterocycles. The van der Waals surface area contributed by atoms with Gasteiger partial charge in [0.05, 0.1) is 23.2 Å². The van der Waals surface area contributed by atoms with Crippen molar-refractivity contribution < 1.29 is 9.59 Å². The molecule has 0 saturated carbocycles. The fourth-order valence-corrected chi connectivity index (χ4v) is 4.94. The molecule has 2 fully saturated rings. The summed E-state index contributed by atoms with van der Waals surface area (Å²) in [5, 5.41) is 3.07. The monoisotopic (exact) mass is 359 g/mol. The number of fused-ring (bicyclic) bond motifs is 1. The SMILES string of the molecule is Cc1nc(CN2C[C@@H]3CN(C(=O)CC4=CCCCC4)C[C@@H]3C2=O)cs1. The fourth-order valence-electron chi connectivity index (χ4n) is 4.34. The number of hydrogen-bond donors (Lipinski definition) is 0. The van der Waals surface area contributed by atoms with Gasteiger partial charge in [-0.25, -0.2) is 4.98 Å². The van der Waals surface area contributed by atoms with Gasteiger partial charge in [-0.15, -0.1) is 11.3 Å². The van der Waals surface area contributed by atoms with Crippen LogP contribution in [-0.4, -0.2) is 46.2 Å². The first kappa shape index (κ1) is 16.8. The quantitative estimate of drug-likeness (QED) is 0.777. The first-order valence-electron chi connectivity index (χ1n) is 9.25. The van der Waals surface area contributed by atoms with Crippen LogP contribution in [0, 0.1) is 18.8 Å². The van der Waals surface area contributed by atoms with Gasteiger partial charge in [0, 0.05) is 37.4 Å². The van der Waals surface area contributed by atoms with E-state index in [4.69, 9.17) is 0 Å². The van der Waals surface area contributed by atoms with E-state index in [0.29, 0.717) is 19.5 Å². The lowest BCUT2D eigenvalue weighted by Gasteiger charge is -2.22. The highest BCUT2D eigenvalue weighted by molar-refractivity contribution is 7.09. The fraction of sp³-hybridized carbons (Fsp3) is 0.632. The van der Waals surface area contributed by atoms with Gasteiger partial charge in [0.2, 0.25) is 11.8 Å². The third-order valence-corrected chi connectivity index (χ3v) is 6.48. The van der Waals surface area contributed by atoms with Crippen molar-refractivity contribution in [3.05, 3.63) is 27.7 Å². The Hall–Kier alpha value is -1.69. The molecule has 2 saturated heterocycles. The smallest absolute Gasteiger partial charge is 0.228 e. The van der Waals surface area contributed by atoms with E-state index in [-0.39, 0.29) is 23.7 Å². The topological polar surface area (TPSA) is 53.5 Å². The van der Waals surface area contributed by atoms with E-state index in [9.17, 15) is 9.59 Å². The maximum Gasteiger partial charge on any atom is 0.228 e. The number of thiazole rings is 1. The van der Waals surface area contributed by atoms with Crippen LogP contribution >= 0.6 is 11.3 Å². The molecule has 0 bridgehead atoms. The average molecular weight is 359 g/mol. The Balaban J connectivity index is 1.33. The zero-order valence-corrected chi connectivity index (χ0v) is 15.6. The van der Waals surface area contributed by atoms with Gasteiger partial charge >= 0.3 is 0 Å². The number of rotatable bonds is 4. The van der Waals surface area contributed by atoms with Crippen molar-refractivity contribution >= 4 is 23.2 Å². The average Bonchev–Trinajstić information content (AvgIpc) is 3.27. The first-order chi connectivity index (χ1) is 12.1. The number of nitrogens with zero attached hydrogens (tertiary/aromatic N) is 3. The van der Waals surface area contributed by atoms with Crippen molar-refractivity contribution in [1.29, 1.82) is 0 Å². The zero-order valence-electron chi connectivity index (χ0n) is 14.7. The Bertz CT molecular complexity index is 711. The molecule has 0 aromatic carbocycles. The van der Waals surface area contributed by atoms with Gasteiger partial charge < -0.3 is 9.80 Å². The third kappa shape index (κ3) is 3.50. The van der Waals surface area contributed by atoms with E-state index >= 15 is 0 Å². The van der Waals surface area contributed by atoms with Gasteiger partial charge in [0.15, 0.2) is 0 Å². The van der Waals surface area contributed by atoms with Gasteiger partial charge in [-0.3, -0.25) is 9.59 Å². The molecule has 2 aliphatic heterocycles. The summed E-state index contributed by atoms with van der Waals surface area (Å²) in [6.45, 7) is 4.68. The number of amides is 2. The van der Waals surface area contributed by atoms with Gasteiger partial charge in [-0.2, -0.15) is 0 Å². The molecule has 1 aliphatic carbocycles. The van der Waals surface area contributed by atoms with E-state index in [0.717, 1.165) is 36.6 Å². The van der Waals surface area contributed by atoms with Crippen LogP contribution < -0.4 is 0 Å².